The molecule has 0 aliphatic rings. The van der Waals surface area contributed by atoms with Gasteiger partial charge in [-0.3, -0.25) is 4.99 Å². The Bertz CT molecular complexity index is 311. The zero-order valence-corrected chi connectivity index (χ0v) is 8.61. The van der Waals surface area contributed by atoms with E-state index < -0.39 is 11.1 Å². The molecule has 0 saturated carbocycles. The fourth-order valence-electron chi connectivity index (χ4n) is 0.988. The van der Waals surface area contributed by atoms with Gasteiger partial charge < -0.3 is 4.55 Å². The molecule has 1 aromatic carbocycles. The van der Waals surface area contributed by atoms with Gasteiger partial charge in [-0.2, -0.15) is 0 Å². The molecule has 1 aromatic rings. The fraction of sp³-hybridized carbons (Fsp3) is 0.300. The van der Waals surface area contributed by atoms with E-state index in [1.807, 2.05) is 30.3 Å². The Morgan fingerprint density at radius 2 is 2.07 bits per heavy atom. The number of rotatable bonds is 5. The standard InChI is InChI=1S/C10H13NO2S/c12-14(13)8-4-7-11-9-10-5-2-1-3-6-10/h1-3,5-6,9H,4,7-8H2,(H,12,13). The van der Waals surface area contributed by atoms with E-state index in [0.29, 0.717) is 18.7 Å². The predicted octanol–water partition coefficient (Wildman–Crippen LogP) is 1.72. The first-order valence-electron chi connectivity index (χ1n) is 4.41. The summed E-state index contributed by atoms with van der Waals surface area (Å²) in [5.41, 5.74) is 1.05. The van der Waals surface area contributed by atoms with Gasteiger partial charge in [0.05, 0.1) is 5.75 Å². The third-order valence-electron chi connectivity index (χ3n) is 1.65. The van der Waals surface area contributed by atoms with Gasteiger partial charge in [0.15, 0.2) is 11.1 Å². The summed E-state index contributed by atoms with van der Waals surface area (Å²) in [7, 11) is 0. The van der Waals surface area contributed by atoms with E-state index in [9.17, 15) is 4.21 Å². The molecule has 1 rings (SSSR count). The van der Waals surface area contributed by atoms with Crippen molar-refractivity contribution >= 4 is 17.3 Å². The highest BCUT2D eigenvalue weighted by Gasteiger charge is 1.91. The average Bonchev–Trinajstić information content (AvgIpc) is 2.18. The van der Waals surface area contributed by atoms with Crippen LogP contribution in [0.2, 0.25) is 0 Å². The normalized spacial score (nSPS) is 13.2. The molecule has 0 aromatic heterocycles. The molecule has 14 heavy (non-hydrogen) atoms. The number of benzene rings is 1. The van der Waals surface area contributed by atoms with Crippen molar-refractivity contribution in [2.45, 2.75) is 6.42 Å². The van der Waals surface area contributed by atoms with Crippen molar-refractivity contribution in [3.05, 3.63) is 35.9 Å². The molecule has 0 aliphatic heterocycles. The second-order valence-corrected chi connectivity index (χ2v) is 3.88. The average molecular weight is 211 g/mol. The highest BCUT2D eigenvalue weighted by atomic mass is 32.2. The van der Waals surface area contributed by atoms with Crippen molar-refractivity contribution < 1.29 is 8.76 Å². The van der Waals surface area contributed by atoms with Crippen molar-refractivity contribution in [2.24, 2.45) is 4.99 Å². The molecule has 0 bridgehead atoms. The van der Waals surface area contributed by atoms with Crippen LogP contribution in [0.25, 0.3) is 0 Å². The maximum Gasteiger partial charge on any atom is 0.152 e. The fourth-order valence-corrected chi connectivity index (χ4v) is 1.36. The van der Waals surface area contributed by atoms with Crippen molar-refractivity contribution in [1.82, 2.24) is 0 Å². The SMILES string of the molecule is O=S(O)CCCN=Cc1ccccc1. The maximum atomic E-state index is 10.3. The van der Waals surface area contributed by atoms with E-state index in [0.717, 1.165) is 5.56 Å². The highest BCUT2D eigenvalue weighted by Crippen LogP contribution is 1.94. The number of hydrogen-bond acceptors (Lipinski definition) is 2. The third kappa shape index (κ3) is 4.89. The van der Waals surface area contributed by atoms with Gasteiger partial charge in [0.25, 0.3) is 0 Å². The summed E-state index contributed by atoms with van der Waals surface area (Å²) in [4.78, 5) is 4.14. The molecule has 0 saturated heterocycles. The summed E-state index contributed by atoms with van der Waals surface area (Å²) in [6, 6.07) is 9.78. The maximum absolute atomic E-state index is 10.3. The Morgan fingerprint density at radius 3 is 2.71 bits per heavy atom. The minimum atomic E-state index is -1.69. The van der Waals surface area contributed by atoms with Gasteiger partial charge in [-0.15, -0.1) is 0 Å². The van der Waals surface area contributed by atoms with Crippen molar-refractivity contribution in [1.29, 1.82) is 0 Å². The first-order valence-corrected chi connectivity index (χ1v) is 5.69. The molecule has 76 valence electrons. The highest BCUT2D eigenvalue weighted by molar-refractivity contribution is 7.79. The molecule has 1 unspecified atom stereocenters. The van der Waals surface area contributed by atoms with Gasteiger partial charge in [0, 0.05) is 12.8 Å². The van der Waals surface area contributed by atoms with Crippen LogP contribution < -0.4 is 0 Å². The second kappa shape index (κ2) is 6.45. The van der Waals surface area contributed by atoms with E-state index in [-0.39, 0.29) is 0 Å². The summed E-state index contributed by atoms with van der Waals surface area (Å²) >= 11 is -1.69. The molecule has 0 fully saturated rings. The van der Waals surface area contributed by atoms with Gasteiger partial charge in [-0.25, -0.2) is 4.21 Å². The van der Waals surface area contributed by atoms with E-state index in [1.54, 1.807) is 6.21 Å². The van der Waals surface area contributed by atoms with E-state index >= 15 is 0 Å². The molecular weight excluding hydrogens is 198 g/mol. The van der Waals surface area contributed by atoms with Crippen LogP contribution in [0.5, 0.6) is 0 Å². The van der Waals surface area contributed by atoms with Crippen LogP contribution >= 0.6 is 0 Å². The molecule has 1 atom stereocenters. The molecular formula is C10H13NO2S. The molecule has 1 N–H and O–H groups in total. The van der Waals surface area contributed by atoms with Gasteiger partial charge in [0.1, 0.15) is 0 Å². The Morgan fingerprint density at radius 1 is 1.36 bits per heavy atom. The lowest BCUT2D eigenvalue weighted by Gasteiger charge is -1.92. The molecule has 0 heterocycles. The zero-order valence-electron chi connectivity index (χ0n) is 7.80. The van der Waals surface area contributed by atoms with Crippen molar-refractivity contribution in [3.8, 4) is 0 Å². The smallest absolute Gasteiger partial charge is 0.152 e. The van der Waals surface area contributed by atoms with Gasteiger partial charge in [-0.1, -0.05) is 30.3 Å². The lowest BCUT2D eigenvalue weighted by molar-refractivity contribution is 0.562. The van der Waals surface area contributed by atoms with Gasteiger partial charge in [0.2, 0.25) is 0 Å². The third-order valence-corrected chi connectivity index (χ3v) is 2.28. The Hall–Kier alpha value is -1.00. The topological polar surface area (TPSA) is 49.7 Å². The van der Waals surface area contributed by atoms with Crippen LogP contribution in [-0.2, 0) is 11.1 Å². The molecule has 0 radical (unpaired) electrons. The second-order valence-electron chi connectivity index (χ2n) is 2.83. The summed E-state index contributed by atoms with van der Waals surface area (Å²) < 4.78 is 18.8. The number of nitrogens with zero attached hydrogens (tertiary/aromatic N) is 1. The Labute approximate surface area is 86.2 Å². The zero-order chi connectivity index (χ0) is 10.2. The van der Waals surface area contributed by atoms with Crippen LogP contribution in [0, 0.1) is 0 Å². The van der Waals surface area contributed by atoms with Crippen LogP contribution in [0.3, 0.4) is 0 Å². The van der Waals surface area contributed by atoms with E-state index in [2.05, 4.69) is 4.99 Å². The van der Waals surface area contributed by atoms with Crippen LogP contribution in [0.15, 0.2) is 35.3 Å². The van der Waals surface area contributed by atoms with E-state index in [4.69, 9.17) is 4.55 Å². The van der Waals surface area contributed by atoms with Crippen LogP contribution in [0.1, 0.15) is 12.0 Å². The largest absolute Gasteiger partial charge is 0.306 e. The Kier molecular flexibility index (Phi) is 5.11. The molecule has 0 aliphatic carbocycles. The number of hydrogen-bond donors (Lipinski definition) is 1. The van der Waals surface area contributed by atoms with Crippen molar-refractivity contribution in [3.63, 3.8) is 0 Å². The van der Waals surface area contributed by atoms with Crippen LogP contribution in [-0.4, -0.2) is 27.3 Å². The molecule has 0 spiro atoms. The molecule has 0 amide bonds. The lowest BCUT2D eigenvalue weighted by Crippen LogP contribution is -1.96. The summed E-state index contributed by atoms with van der Waals surface area (Å²) in [6.45, 7) is 0.598. The number of aliphatic imine (C=N–C) groups is 1. The van der Waals surface area contributed by atoms with Gasteiger partial charge >= 0.3 is 0 Å². The molecule has 4 heteroatoms. The minimum absolute atomic E-state index is 0.298. The first kappa shape index (κ1) is 11.1. The van der Waals surface area contributed by atoms with Gasteiger partial charge in [-0.05, 0) is 12.0 Å². The molecule has 3 nitrogen and oxygen atoms in total. The minimum Gasteiger partial charge on any atom is -0.306 e. The predicted molar refractivity (Wildman–Crippen MR) is 59.2 cm³/mol. The summed E-state index contributed by atoms with van der Waals surface area (Å²) in [5, 5.41) is 0. The first-order chi connectivity index (χ1) is 6.79. The van der Waals surface area contributed by atoms with E-state index in [1.165, 1.54) is 0 Å². The van der Waals surface area contributed by atoms with Crippen LogP contribution in [0.4, 0.5) is 0 Å². The monoisotopic (exact) mass is 211 g/mol. The Balaban J connectivity index is 2.25. The summed E-state index contributed by atoms with van der Waals surface area (Å²) in [6.07, 6.45) is 2.42. The van der Waals surface area contributed by atoms with Crippen molar-refractivity contribution in [2.75, 3.05) is 12.3 Å². The lowest BCUT2D eigenvalue weighted by atomic mass is 10.2. The quantitative estimate of drug-likeness (QED) is 0.458. The summed E-state index contributed by atoms with van der Waals surface area (Å²) in [5.74, 6) is 0.298.